The van der Waals surface area contributed by atoms with Crippen LogP contribution >= 0.6 is 0 Å². The number of ether oxygens (including phenoxy) is 1. The van der Waals surface area contributed by atoms with Crippen LogP contribution in [0.4, 0.5) is 22.0 Å². The first-order valence-electron chi connectivity index (χ1n) is 5.40. The minimum Gasteiger partial charge on any atom is -0.394 e. The predicted octanol–water partition coefficient (Wildman–Crippen LogP) is 1.95. The van der Waals surface area contributed by atoms with Gasteiger partial charge in [-0.05, 0) is 26.8 Å². The molecule has 0 aliphatic carbocycles. The van der Waals surface area contributed by atoms with Crippen LogP contribution in [0, 0.1) is 0 Å². The summed E-state index contributed by atoms with van der Waals surface area (Å²) in [6.45, 7) is -0.353. The number of halogens is 5. The van der Waals surface area contributed by atoms with E-state index in [1.165, 1.54) is 0 Å². The zero-order valence-corrected chi connectivity index (χ0v) is 10.3. The van der Waals surface area contributed by atoms with Crippen LogP contribution in [0.15, 0.2) is 0 Å². The van der Waals surface area contributed by atoms with Crippen molar-refractivity contribution in [1.82, 2.24) is 5.32 Å². The zero-order chi connectivity index (χ0) is 14.4. The molecule has 0 aromatic heterocycles. The lowest BCUT2D eigenvalue weighted by Gasteiger charge is -2.26. The smallest absolute Gasteiger partial charge is 0.394 e. The average Bonchev–Trinajstić information content (AvgIpc) is 2.26. The van der Waals surface area contributed by atoms with Gasteiger partial charge in [0.15, 0.2) is 0 Å². The molecule has 0 aliphatic heterocycles. The van der Waals surface area contributed by atoms with Gasteiger partial charge in [-0.1, -0.05) is 0 Å². The fourth-order valence-electron chi connectivity index (χ4n) is 1.13. The first-order valence-corrected chi connectivity index (χ1v) is 5.40. The summed E-state index contributed by atoms with van der Waals surface area (Å²) in [5, 5.41) is 11.8. The molecular weight excluding hydrogens is 261 g/mol. The van der Waals surface area contributed by atoms with Crippen LogP contribution in [0.5, 0.6) is 0 Å². The lowest BCUT2D eigenvalue weighted by atomic mass is 9.97. The molecule has 0 saturated heterocycles. The molecule has 0 aromatic rings. The summed E-state index contributed by atoms with van der Waals surface area (Å²) in [5.41, 5.74) is -0.587. The van der Waals surface area contributed by atoms with Gasteiger partial charge in [0.25, 0.3) is 0 Å². The van der Waals surface area contributed by atoms with Crippen molar-refractivity contribution in [2.75, 3.05) is 26.9 Å². The molecule has 1 unspecified atom stereocenters. The van der Waals surface area contributed by atoms with Crippen LogP contribution in [-0.4, -0.2) is 49.6 Å². The van der Waals surface area contributed by atoms with E-state index in [2.05, 4.69) is 10.1 Å². The number of aliphatic hydroxyl groups excluding tert-OH is 1. The van der Waals surface area contributed by atoms with E-state index in [0.29, 0.717) is 6.42 Å². The molecule has 8 heteroatoms. The van der Waals surface area contributed by atoms with E-state index in [1.807, 2.05) is 0 Å². The first-order chi connectivity index (χ1) is 8.08. The van der Waals surface area contributed by atoms with Crippen molar-refractivity contribution in [1.29, 1.82) is 0 Å². The third kappa shape index (κ3) is 5.45. The van der Waals surface area contributed by atoms with Gasteiger partial charge in [0.05, 0.1) is 6.61 Å². The Morgan fingerprint density at radius 3 is 2.11 bits per heavy atom. The largest absolute Gasteiger partial charge is 0.455 e. The third-order valence-electron chi connectivity index (χ3n) is 2.67. The summed E-state index contributed by atoms with van der Waals surface area (Å²) in [6, 6.07) is 0. The van der Waals surface area contributed by atoms with Gasteiger partial charge in [-0.15, -0.1) is 0 Å². The Morgan fingerprint density at radius 1 is 1.17 bits per heavy atom. The summed E-state index contributed by atoms with van der Waals surface area (Å²) in [6.07, 6.45) is -4.92. The molecule has 0 fully saturated rings. The number of nitrogens with one attached hydrogen (secondary N) is 1. The maximum absolute atomic E-state index is 12.4. The highest BCUT2D eigenvalue weighted by molar-refractivity contribution is 4.80. The maximum Gasteiger partial charge on any atom is 0.455 e. The van der Waals surface area contributed by atoms with Crippen molar-refractivity contribution in [2.45, 2.75) is 37.4 Å². The number of hydrogen-bond acceptors (Lipinski definition) is 3. The number of likely N-dealkylation sites (N-methyl/N-ethyl adjacent to an activating group) is 1. The SMILES string of the molecule is CNC(C)(CO)CCCOCC(F)(F)C(F)(F)F. The lowest BCUT2D eigenvalue weighted by molar-refractivity contribution is -0.296. The molecular formula is C10H18F5NO2. The number of rotatable bonds is 8. The molecule has 2 N–H and O–H groups in total. The van der Waals surface area contributed by atoms with E-state index in [4.69, 9.17) is 5.11 Å². The van der Waals surface area contributed by atoms with Gasteiger partial charge in [-0.3, -0.25) is 0 Å². The number of aliphatic hydroxyl groups is 1. The van der Waals surface area contributed by atoms with E-state index < -0.39 is 24.2 Å². The van der Waals surface area contributed by atoms with Gasteiger partial charge < -0.3 is 15.2 Å². The van der Waals surface area contributed by atoms with Crippen molar-refractivity contribution >= 4 is 0 Å². The van der Waals surface area contributed by atoms with Crippen molar-refractivity contribution in [3.05, 3.63) is 0 Å². The molecule has 0 saturated carbocycles. The van der Waals surface area contributed by atoms with E-state index in [9.17, 15) is 22.0 Å². The van der Waals surface area contributed by atoms with E-state index in [0.717, 1.165) is 0 Å². The number of alkyl halides is 5. The summed E-state index contributed by atoms with van der Waals surface area (Å²) < 4.78 is 64.5. The van der Waals surface area contributed by atoms with Crippen LogP contribution in [0.1, 0.15) is 19.8 Å². The molecule has 0 bridgehead atoms. The van der Waals surface area contributed by atoms with Gasteiger partial charge in [0.1, 0.15) is 6.61 Å². The Bertz CT molecular complexity index is 241. The predicted molar refractivity (Wildman–Crippen MR) is 55.6 cm³/mol. The van der Waals surface area contributed by atoms with E-state index >= 15 is 0 Å². The molecule has 0 aliphatic rings. The molecule has 3 nitrogen and oxygen atoms in total. The average molecular weight is 279 g/mol. The fourth-order valence-corrected chi connectivity index (χ4v) is 1.13. The Hall–Kier alpha value is -0.470. The quantitative estimate of drug-likeness (QED) is 0.527. The molecule has 0 rings (SSSR count). The van der Waals surface area contributed by atoms with Crippen LogP contribution in [-0.2, 0) is 4.74 Å². The molecule has 0 heterocycles. The van der Waals surface area contributed by atoms with E-state index in [1.54, 1.807) is 14.0 Å². The highest BCUT2D eigenvalue weighted by Gasteiger charge is 2.57. The molecule has 1 atom stereocenters. The van der Waals surface area contributed by atoms with Crippen LogP contribution < -0.4 is 5.32 Å². The molecule has 0 aromatic carbocycles. The second-order valence-electron chi connectivity index (χ2n) is 4.33. The summed E-state index contributed by atoms with van der Waals surface area (Å²) >= 11 is 0. The van der Waals surface area contributed by atoms with Crippen LogP contribution in [0.2, 0.25) is 0 Å². The Balaban J connectivity index is 3.89. The topological polar surface area (TPSA) is 41.5 Å². The van der Waals surface area contributed by atoms with Crippen LogP contribution in [0.25, 0.3) is 0 Å². The van der Waals surface area contributed by atoms with Crippen molar-refractivity contribution in [3.63, 3.8) is 0 Å². The normalized spacial score (nSPS) is 16.7. The van der Waals surface area contributed by atoms with Crippen molar-refractivity contribution in [3.8, 4) is 0 Å². The minimum absolute atomic E-state index is 0.164. The summed E-state index contributed by atoms with van der Waals surface area (Å²) in [7, 11) is 1.62. The van der Waals surface area contributed by atoms with Gasteiger partial charge in [0.2, 0.25) is 0 Å². The summed E-state index contributed by atoms with van der Waals surface area (Å²) in [4.78, 5) is 0. The Morgan fingerprint density at radius 2 is 1.72 bits per heavy atom. The standard InChI is InChI=1S/C10H18F5NO2/c1-8(6-17,16-2)4-3-5-18-7-9(11,12)10(13,14)15/h16-17H,3-7H2,1-2H3. The van der Waals surface area contributed by atoms with Crippen molar-refractivity contribution in [2.24, 2.45) is 0 Å². The number of hydrogen-bond donors (Lipinski definition) is 2. The van der Waals surface area contributed by atoms with Crippen LogP contribution in [0.3, 0.4) is 0 Å². The Labute approximate surface area is 102 Å². The van der Waals surface area contributed by atoms with Gasteiger partial charge >= 0.3 is 12.1 Å². The van der Waals surface area contributed by atoms with Gasteiger partial charge in [-0.2, -0.15) is 22.0 Å². The third-order valence-corrected chi connectivity index (χ3v) is 2.67. The van der Waals surface area contributed by atoms with E-state index in [-0.39, 0.29) is 19.6 Å². The van der Waals surface area contributed by atoms with Gasteiger partial charge in [0, 0.05) is 12.1 Å². The fraction of sp³-hybridized carbons (Fsp3) is 1.00. The first kappa shape index (κ1) is 17.5. The molecule has 0 radical (unpaired) electrons. The second kappa shape index (κ2) is 6.63. The summed E-state index contributed by atoms with van der Waals surface area (Å²) in [5.74, 6) is -4.82. The zero-order valence-electron chi connectivity index (χ0n) is 10.3. The van der Waals surface area contributed by atoms with Gasteiger partial charge in [-0.25, -0.2) is 0 Å². The monoisotopic (exact) mass is 279 g/mol. The highest BCUT2D eigenvalue weighted by Crippen LogP contribution is 2.35. The molecule has 0 spiro atoms. The molecule has 110 valence electrons. The molecule has 0 amide bonds. The molecule has 18 heavy (non-hydrogen) atoms. The highest BCUT2D eigenvalue weighted by atomic mass is 19.4. The Kier molecular flexibility index (Phi) is 6.45. The minimum atomic E-state index is -5.59. The lowest BCUT2D eigenvalue weighted by Crippen LogP contribution is -2.43. The maximum atomic E-state index is 12.4. The van der Waals surface area contributed by atoms with Crippen molar-refractivity contribution < 1.29 is 31.8 Å². The second-order valence-corrected chi connectivity index (χ2v) is 4.33.